The summed E-state index contributed by atoms with van der Waals surface area (Å²) in [5, 5.41) is 21.3. The van der Waals surface area contributed by atoms with E-state index in [2.05, 4.69) is 25.8 Å². The second kappa shape index (κ2) is 12.2. The van der Waals surface area contributed by atoms with Crippen LogP contribution in [0.5, 0.6) is 11.9 Å². The van der Waals surface area contributed by atoms with E-state index in [-0.39, 0.29) is 34.8 Å². The van der Waals surface area contributed by atoms with Crippen molar-refractivity contribution in [3.8, 4) is 18.0 Å². The van der Waals surface area contributed by atoms with Crippen LogP contribution in [-0.2, 0) is 16.7 Å². The minimum absolute atomic E-state index is 0.0130. The first-order valence-corrected chi connectivity index (χ1v) is 18.5. The molecule has 5 aliphatic rings. The number of rotatable bonds is 8. The zero-order valence-electron chi connectivity index (χ0n) is 27.4. The number of piperidine rings is 1. The topological polar surface area (TPSA) is 163 Å². The van der Waals surface area contributed by atoms with Crippen LogP contribution in [0.2, 0.25) is 0 Å². The molecule has 5 aliphatic heterocycles. The molecule has 3 atom stereocenters. The van der Waals surface area contributed by atoms with Gasteiger partial charge in [-0.1, -0.05) is 0 Å². The van der Waals surface area contributed by atoms with Gasteiger partial charge in [-0.2, -0.15) is 33.4 Å². The van der Waals surface area contributed by atoms with E-state index in [0.29, 0.717) is 61.7 Å². The highest BCUT2D eigenvalue weighted by Gasteiger charge is 2.54. The molecule has 4 fully saturated rings. The molecule has 0 amide bonds. The number of alkyl halides is 3. The number of hydrogen-bond acceptors (Lipinski definition) is 15. The minimum atomic E-state index is -4.58. The number of ether oxygens (including phenoxy) is 2. The number of nitrogen functional groups attached to an aromatic ring is 1. The third-order valence-corrected chi connectivity index (χ3v) is 13.3. The maximum absolute atomic E-state index is 13.2. The Morgan fingerprint density at radius 1 is 1.06 bits per heavy atom. The fourth-order valence-corrected chi connectivity index (χ4v) is 11.1. The van der Waals surface area contributed by atoms with Gasteiger partial charge in [0, 0.05) is 54.5 Å². The molecule has 13 nitrogen and oxygen atoms in total. The minimum Gasteiger partial charge on any atom is -0.476 e. The van der Waals surface area contributed by atoms with Crippen molar-refractivity contribution in [1.82, 2.24) is 29.8 Å². The van der Waals surface area contributed by atoms with Gasteiger partial charge in [-0.25, -0.2) is 9.97 Å². The second-order valence-electron chi connectivity index (χ2n) is 14.2. The van der Waals surface area contributed by atoms with Crippen LogP contribution < -0.4 is 25.0 Å². The third-order valence-electron chi connectivity index (χ3n) is 10.6. The van der Waals surface area contributed by atoms with Crippen LogP contribution in [0.25, 0.3) is 0 Å². The van der Waals surface area contributed by atoms with Gasteiger partial charge >= 0.3 is 12.2 Å². The summed E-state index contributed by atoms with van der Waals surface area (Å²) in [6.45, 7) is 5.48. The number of nitrogens with two attached hydrogens (primary N) is 1. The van der Waals surface area contributed by atoms with Crippen LogP contribution in [0.3, 0.4) is 0 Å². The maximum Gasteiger partial charge on any atom is 0.433 e. The van der Waals surface area contributed by atoms with E-state index in [9.17, 15) is 23.5 Å². The lowest BCUT2D eigenvalue weighted by Gasteiger charge is -2.48. The van der Waals surface area contributed by atoms with Crippen LogP contribution in [0.4, 0.5) is 30.1 Å². The molecule has 0 aromatic carbocycles. The number of halogens is 3. The Morgan fingerprint density at radius 2 is 1.84 bits per heavy atom. The average molecular weight is 731 g/mol. The molecule has 3 aromatic rings. The molecule has 266 valence electrons. The summed E-state index contributed by atoms with van der Waals surface area (Å²) in [6.07, 6.45) is 1.25. The normalized spacial score (nSPS) is 27.2. The predicted molar refractivity (Wildman–Crippen MR) is 180 cm³/mol. The molecule has 1 spiro atoms. The van der Waals surface area contributed by atoms with E-state index >= 15 is 0 Å². The Bertz CT molecular complexity index is 1830. The highest BCUT2D eigenvalue weighted by molar-refractivity contribution is 8.00. The molecule has 0 aliphatic carbocycles. The Morgan fingerprint density at radius 3 is 2.60 bits per heavy atom. The quantitative estimate of drug-likeness (QED) is 0.343. The monoisotopic (exact) mass is 730 g/mol. The number of aliphatic hydroxyl groups is 1. The van der Waals surface area contributed by atoms with Crippen LogP contribution >= 0.6 is 23.1 Å². The van der Waals surface area contributed by atoms with Crippen molar-refractivity contribution in [2.75, 3.05) is 61.5 Å². The van der Waals surface area contributed by atoms with Gasteiger partial charge in [-0.3, -0.25) is 4.90 Å². The Balaban J connectivity index is 0.998. The number of aromatic nitrogens is 5. The number of nitrogens with zero attached hydrogens (tertiary/aromatic N) is 9. The first kappa shape index (κ1) is 33.5. The van der Waals surface area contributed by atoms with Crippen molar-refractivity contribution in [2.45, 2.75) is 79.3 Å². The molecule has 8 heterocycles. The van der Waals surface area contributed by atoms with E-state index in [4.69, 9.17) is 30.2 Å². The molecular formula is C32H37F3N10O3S2. The summed E-state index contributed by atoms with van der Waals surface area (Å²) in [4.78, 5) is 29.2. The van der Waals surface area contributed by atoms with Gasteiger partial charge in [0.2, 0.25) is 17.8 Å². The summed E-state index contributed by atoms with van der Waals surface area (Å²) in [6, 6.07) is 3.33. The highest BCUT2D eigenvalue weighted by atomic mass is 32.2. The summed E-state index contributed by atoms with van der Waals surface area (Å²) in [5.74, 6) is 1.65. The molecule has 0 radical (unpaired) electrons. The van der Waals surface area contributed by atoms with Crippen molar-refractivity contribution in [3.05, 3.63) is 34.1 Å². The fourth-order valence-electron chi connectivity index (χ4n) is 8.25. The van der Waals surface area contributed by atoms with E-state index < -0.39 is 17.5 Å². The van der Waals surface area contributed by atoms with Crippen molar-refractivity contribution >= 4 is 40.0 Å². The van der Waals surface area contributed by atoms with Gasteiger partial charge in [-0.05, 0) is 52.0 Å². The number of anilines is 3. The largest absolute Gasteiger partial charge is 0.476 e. The molecule has 3 aromatic heterocycles. The highest BCUT2D eigenvalue weighted by Crippen LogP contribution is 2.58. The molecule has 3 N–H and O–H groups in total. The number of thioether (sulfide) groups is 1. The lowest BCUT2D eigenvalue weighted by atomic mass is 9.88. The predicted octanol–water partition coefficient (Wildman–Crippen LogP) is 3.96. The number of thiophene rings is 1. The van der Waals surface area contributed by atoms with Crippen LogP contribution in [-0.4, -0.2) is 98.0 Å². The molecule has 50 heavy (non-hydrogen) atoms. The zero-order chi connectivity index (χ0) is 34.9. The van der Waals surface area contributed by atoms with E-state index in [0.717, 1.165) is 67.2 Å². The van der Waals surface area contributed by atoms with Crippen LogP contribution in [0.1, 0.15) is 67.1 Å². The number of β-amino-alcohol motifs (C(OH)–C–C–N with tert-alkyl or cyclic N) is 1. The van der Waals surface area contributed by atoms with E-state index in [1.165, 1.54) is 11.3 Å². The van der Waals surface area contributed by atoms with Gasteiger partial charge in [0.05, 0.1) is 21.5 Å². The number of hydrogen-bond donors (Lipinski definition) is 2. The van der Waals surface area contributed by atoms with Gasteiger partial charge in [0.15, 0.2) is 5.69 Å². The Labute approximate surface area is 295 Å². The summed E-state index contributed by atoms with van der Waals surface area (Å²) in [7, 11) is 0. The first-order chi connectivity index (χ1) is 23.9. The maximum atomic E-state index is 13.2. The van der Waals surface area contributed by atoms with Crippen molar-refractivity contribution in [2.24, 2.45) is 0 Å². The Hall–Kier alpha value is -3.66. The van der Waals surface area contributed by atoms with Gasteiger partial charge in [0.1, 0.15) is 30.6 Å². The third kappa shape index (κ3) is 5.95. The van der Waals surface area contributed by atoms with Gasteiger partial charge in [-0.15, -0.1) is 23.1 Å². The first-order valence-electron chi connectivity index (χ1n) is 16.7. The number of nitriles is 1. The molecule has 0 saturated carbocycles. The molecule has 4 saturated heterocycles. The van der Waals surface area contributed by atoms with Crippen LogP contribution in [0.15, 0.2) is 12.4 Å². The SMILES string of the molecule is C[C@@]1(O)CCCN(c2nc(OC[C@]34CCCN3[C@H](COc3cc(C(F)(F)F)ncn3)CC4)nc(N3CC4(C3)SCc3sc(N)c(C#N)c34)n2)C1. The molecule has 0 bridgehead atoms. The van der Waals surface area contributed by atoms with E-state index in [1.807, 2.05) is 23.6 Å². The van der Waals surface area contributed by atoms with Crippen molar-refractivity contribution in [1.29, 1.82) is 5.26 Å². The average Bonchev–Trinajstić information content (AvgIpc) is 3.81. The second-order valence-corrected chi connectivity index (χ2v) is 16.7. The van der Waals surface area contributed by atoms with Crippen LogP contribution in [0, 0.1) is 11.3 Å². The zero-order valence-corrected chi connectivity index (χ0v) is 29.1. The summed E-state index contributed by atoms with van der Waals surface area (Å²) >= 11 is 3.32. The lowest BCUT2D eigenvalue weighted by molar-refractivity contribution is -0.141. The molecular weight excluding hydrogens is 694 g/mol. The fraction of sp³-hybridized carbons (Fsp3) is 0.625. The lowest BCUT2D eigenvalue weighted by Crippen LogP contribution is -2.57. The van der Waals surface area contributed by atoms with Gasteiger partial charge < -0.3 is 30.1 Å². The van der Waals surface area contributed by atoms with Crippen molar-refractivity contribution in [3.63, 3.8) is 0 Å². The molecule has 18 heteroatoms. The standard InChI is InChI=1S/C32H37F3N10O3S2/c1-29(46)5-2-8-43(14-29)26-40-27(44-15-31(16-44)24-20(11-36)25(37)50-21(24)13-49-31)42-28(41-26)48-17-30-6-3-9-45(30)19(4-7-30)12-47-23-10-22(32(33,34)35)38-18-39-23/h10,18-19,46H,2-9,12-17,37H2,1H3/t19-,29+,30+/m0/s1. The number of fused-ring (bicyclic) bond motifs is 3. The van der Waals surface area contributed by atoms with E-state index in [1.54, 1.807) is 0 Å². The smallest absolute Gasteiger partial charge is 0.433 e. The summed E-state index contributed by atoms with van der Waals surface area (Å²) < 4.78 is 51.4. The summed E-state index contributed by atoms with van der Waals surface area (Å²) in [5.41, 5.74) is 5.61. The molecule has 8 rings (SSSR count). The Kier molecular flexibility index (Phi) is 8.20. The molecule has 0 unspecified atom stereocenters. The van der Waals surface area contributed by atoms with Crippen molar-refractivity contribution < 1.29 is 27.8 Å². The van der Waals surface area contributed by atoms with Gasteiger partial charge in [0.25, 0.3) is 0 Å².